The molecule has 2 atom stereocenters. The Morgan fingerprint density at radius 1 is 1.54 bits per heavy atom. The molecule has 1 aliphatic rings. The Balaban J connectivity index is 2.75. The minimum Gasteiger partial charge on any atom is -0.505 e. The topological polar surface area (TPSA) is 116 Å². The highest BCUT2D eigenvalue weighted by molar-refractivity contribution is 5.89. The average Bonchev–Trinajstić information content (AvgIpc) is 2.33. The Kier molecular flexibility index (Phi) is 2.47. The highest BCUT2D eigenvalue weighted by Gasteiger charge is 2.39. The summed E-state index contributed by atoms with van der Waals surface area (Å²) in [4.78, 5) is 20.3. The van der Waals surface area contributed by atoms with E-state index in [1.165, 1.54) is 0 Å². The molecule has 0 aromatic carbocycles. The molecule has 0 spiro atoms. The highest BCUT2D eigenvalue weighted by atomic mass is 16.6. The molecule has 0 unspecified atom stereocenters. The number of esters is 1. The number of aliphatic hydroxyl groups excluding tert-OH is 3. The normalized spacial score (nSPS) is 24.4. The summed E-state index contributed by atoms with van der Waals surface area (Å²) in [5.41, 5.74) is 0. The summed E-state index contributed by atoms with van der Waals surface area (Å²) in [6, 6.07) is 0. The van der Waals surface area contributed by atoms with Crippen molar-refractivity contribution in [2.45, 2.75) is 12.2 Å². The van der Waals surface area contributed by atoms with Crippen molar-refractivity contribution in [1.29, 1.82) is 0 Å². The van der Waals surface area contributed by atoms with Gasteiger partial charge < -0.3 is 20.1 Å². The summed E-state index contributed by atoms with van der Waals surface area (Å²) in [7, 11) is 0. The van der Waals surface area contributed by atoms with E-state index >= 15 is 0 Å². The molecule has 0 aromatic heterocycles. The number of nitroso groups, excluding NO2 is 1. The number of carbonyl (C=O) groups is 1. The molecule has 7 heteroatoms. The minimum atomic E-state index is -1.44. The van der Waals surface area contributed by atoms with Gasteiger partial charge in [-0.1, -0.05) is 5.18 Å². The van der Waals surface area contributed by atoms with E-state index in [0.717, 1.165) is 0 Å². The van der Waals surface area contributed by atoms with Gasteiger partial charge in [-0.25, -0.2) is 4.79 Å². The van der Waals surface area contributed by atoms with E-state index in [9.17, 15) is 9.70 Å². The molecular weight excluding hydrogens is 182 g/mol. The Morgan fingerprint density at radius 2 is 2.15 bits per heavy atom. The second-order valence-corrected chi connectivity index (χ2v) is 2.44. The van der Waals surface area contributed by atoms with E-state index in [1.54, 1.807) is 0 Å². The lowest BCUT2D eigenvalue weighted by Gasteiger charge is -2.13. The third-order valence-electron chi connectivity index (χ3n) is 1.55. The average molecular weight is 189 g/mol. The van der Waals surface area contributed by atoms with Gasteiger partial charge in [0.05, 0.1) is 0 Å². The maximum Gasteiger partial charge on any atom is 0.377 e. The van der Waals surface area contributed by atoms with Gasteiger partial charge in [0.2, 0.25) is 5.76 Å². The van der Waals surface area contributed by atoms with Crippen LogP contribution in [0.1, 0.15) is 0 Å². The molecule has 0 amide bonds. The van der Waals surface area contributed by atoms with E-state index in [-0.39, 0.29) is 0 Å². The van der Waals surface area contributed by atoms with Crippen LogP contribution >= 0.6 is 0 Å². The first-order valence-corrected chi connectivity index (χ1v) is 3.38. The molecule has 0 fully saturated rings. The van der Waals surface area contributed by atoms with Crippen LogP contribution in [0.2, 0.25) is 0 Å². The Labute approximate surface area is 72.2 Å². The van der Waals surface area contributed by atoms with Crippen molar-refractivity contribution in [3.8, 4) is 0 Å². The summed E-state index contributed by atoms with van der Waals surface area (Å²) in [6.45, 7) is -0.532. The standard InChI is InChI=1S/C6H7NO6/c8-2(1-7-12)5-3(9)4(10)6(11)13-5/h2,5,8-10H,1H2/t2-,5+/m0/s1. The van der Waals surface area contributed by atoms with Gasteiger partial charge in [0.15, 0.2) is 11.9 Å². The van der Waals surface area contributed by atoms with Crippen molar-refractivity contribution in [1.82, 2.24) is 0 Å². The number of rotatable bonds is 3. The van der Waals surface area contributed by atoms with Crippen molar-refractivity contribution in [2.75, 3.05) is 6.54 Å². The van der Waals surface area contributed by atoms with Crippen molar-refractivity contribution < 1.29 is 24.9 Å². The smallest absolute Gasteiger partial charge is 0.377 e. The first-order valence-electron chi connectivity index (χ1n) is 3.38. The van der Waals surface area contributed by atoms with Gasteiger partial charge in [-0.3, -0.25) is 0 Å². The van der Waals surface area contributed by atoms with E-state index in [2.05, 4.69) is 9.91 Å². The zero-order chi connectivity index (χ0) is 10.0. The molecule has 0 saturated carbocycles. The Hall–Kier alpha value is -1.63. The lowest BCUT2D eigenvalue weighted by atomic mass is 10.2. The summed E-state index contributed by atoms with van der Waals surface area (Å²) in [6.07, 6.45) is -2.84. The van der Waals surface area contributed by atoms with E-state index in [4.69, 9.17) is 15.3 Å². The quantitative estimate of drug-likeness (QED) is 0.402. The van der Waals surface area contributed by atoms with Crippen LogP contribution in [-0.4, -0.2) is 40.0 Å². The SMILES string of the molecule is O=NC[C@H](O)[C@H]1OC(=O)C(O)=C1O. The zero-order valence-corrected chi connectivity index (χ0v) is 6.38. The van der Waals surface area contributed by atoms with E-state index in [1.807, 2.05) is 0 Å². The number of aliphatic hydroxyl groups is 3. The number of hydrogen-bond acceptors (Lipinski definition) is 7. The molecular formula is C6H7NO6. The predicted octanol–water partition coefficient (Wildman–Crippen LogP) is -0.633. The van der Waals surface area contributed by atoms with Gasteiger partial charge in [0.25, 0.3) is 0 Å². The van der Waals surface area contributed by atoms with Gasteiger partial charge in [0, 0.05) is 0 Å². The molecule has 7 nitrogen and oxygen atoms in total. The summed E-state index contributed by atoms with van der Waals surface area (Å²) in [5.74, 6) is -2.86. The molecule has 0 aromatic rings. The number of carbonyl (C=O) groups excluding carboxylic acids is 1. The van der Waals surface area contributed by atoms with Gasteiger partial charge in [-0.15, -0.1) is 0 Å². The number of nitrogens with zero attached hydrogens (tertiary/aromatic N) is 1. The van der Waals surface area contributed by atoms with E-state index < -0.39 is 36.2 Å². The minimum absolute atomic E-state index is 0.532. The zero-order valence-electron chi connectivity index (χ0n) is 6.38. The predicted molar refractivity (Wildman–Crippen MR) is 38.8 cm³/mol. The van der Waals surface area contributed by atoms with Gasteiger partial charge in [0.1, 0.15) is 12.6 Å². The maximum atomic E-state index is 10.6. The molecule has 1 heterocycles. The fourth-order valence-corrected chi connectivity index (χ4v) is 0.899. The molecule has 3 N–H and O–H groups in total. The van der Waals surface area contributed by atoms with Crippen LogP contribution in [0.4, 0.5) is 0 Å². The van der Waals surface area contributed by atoms with Crippen LogP contribution in [0.25, 0.3) is 0 Å². The summed E-state index contributed by atoms with van der Waals surface area (Å²) < 4.78 is 4.34. The van der Waals surface area contributed by atoms with Crippen molar-refractivity contribution in [3.05, 3.63) is 16.4 Å². The van der Waals surface area contributed by atoms with Crippen LogP contribution in [0.5, 0.6) is 0 Å². The molecule has 0 saturated heterocycles. The molecule has 72 valence electrons. The van der Waals surface area contributed by atoms with Crippen molar-refractivity contribution in [2.24, 2.45) is 5.18 Å². The molecule has 1 aliphatic heterocycles. The van der Waals surface area contributed by atoms with Crippen molar-refractivity contribution >= 4 is 5.97 Å². The first-order chi connectivity index (χ1) is 6.07. The summed E-state index contributed by atoms with van der Waals surface area (Å²) in [5, 5.41) is 29.2. The molecule has 13 heavy (non-hydrogen) atoms. The largest absolute Gasteiger partial charge is 0.505 e. The fourth-order valence-electron chi connectivity index (χ4n) is 0.899. The number of ether oxygens (including phenoxy) is 1. The van der Waals surface area contributed by atoms with Crippen LogP contribution in [0.15, 0.2) is 16.7 Å². The highest BCUT2D eigenvalue weighted by Crippen LogP contribution is 2.21. The molecule has 0 aliphatic carbocycles. The third kappa shape index (κ3) is 1.59. The van der Waals surface area contributed by atoms with Gasteiger partial charge in [-0.2, -0.15) is 4.91 Å². The number of hydrogen-bond donors (Lipinski definition) is 3. The first kappa shape index (κ1) is 9.46. The lowest BCUT2D eigenvalue weighted by Crippen LogP contribution is -2.30. The van der Waals surface area contributed by atoms with Crippen LogP contribution in [-0.2, 0) is 9.53 Å². The second kappa shape index (κ2) is 3.40. The Morgan fingerprint density at radius 3 is 2.54 bits per heavy atom. The number of cyclic esters (lactones) is 1. The molecule has 0 radical (unpaired) electrons. The van der Waals surface area contributed by atoms with Crippen molar-refractivity contribution in [3.63, 3.8) is 0 Å². The van der Waals surface area contributed by atoms with Crippen LogP contribution in [0.3, 0.4) is 0 Å². The van der Waals surface area contributed by atoms with Gasteiger partial charge in [-0.05, 0) is 0 Å². The maximum absolute atomic E-state index is 10.6. The monoisotopic (exact) mass is 189 g/mol. The van der Waals surface area contributed by atoms with Gasteiger partial charge >= 0.3 is 5.97 Å². The fraction of sp³-hybridized carbons (Fsp3) is 0.500. The van der Waals surface area contributed by atoms with Crippen LogP contribution < -0.4 is 0 Å². The lowest BCUT2D eigenvalue weighted by molar-refractivity contribution is -0.146. The molecule has 0 bridgehead atoms. The second-order valence-electron chi connectivity index (χ2n) is 2.44. The van der Waals surface area contributed by atoms with Crippen LogP contribution in [0, 0.1) is 4.91 Å². The Bertz CT molecular complexity index is 272. The van der Waals surface area contributed by atoms with E-state index in [0.29, 0.717) is 0 Å². The third-order valence-corrected chi connectivity index (χ3v) is 1.55. The molecule has 1 rings (SSSR count). The summed E-state index contributed by atoms with van der Waals surface area (Å²) >= 11 is 0.